The molecule has 0 aliphatic carbocycles. The quantitative estimate of drug-likeness (QED) is 0.357. The second-order valence-electron chi connectivity index (χ2n) is 8.13. The molecule has 1 fully saturated rings. The minimum Gasteiger partial charge on any atom is -0.460 e. The number of ether oxygens (including phenoxy) is 2. The Morgan fingerprint density at radius 1 is 1.13 bits per heavy atom. The van der Waals surface area contributed by atoms with Gasteiger partial charge in [-0.1, -0.05) is 36.4 Å². The Bertz CT molecular complexity index is 1090. The van der Waals surface area contributed by atoms with Gasteiger partial charge in [-0.25, -0.2) is 0 Å². The van der Waals surface area contributed by atoms with Gasteiger partial charge in [0.15, 0.2) is 0 Å². The molecule has 8 nitrogen and oxygen atoms in total. The van der Waals surface area contributed by atoms with Gasteiger partial charge in [0.2, 0.25) is 0 Å². The van der Waals surface area contributed by atoms with E-state index >= 15 is 0 Å². The Labute approximate surface area is 181 Å². The molecule has 0 amide bonds. The molecule has 3 aromatic rings. The van der Waals surface area contributed by atoms with E-state index in [0.29, 0.717) is 43.5 Å². The van der Waals surface area contributed by atoms with Crippen LogP contribution in [0.2, 0.25) is 0 Å². The summed E-state index contributed by atoms with van der Waals surface area (Å²) in [5, 5.41) is 16.3. The third-order valence-corrected chi connectivity index (χ3v) is 4.98. The lowest BCUT2D eigenvalue weighted by Gasteiger charge is -2.28. The van der Waals surface area contributed by atoms with Crippen LogP contribution in [-0.2, 0) is 4.74 Å². The molecule has 2 aromatic carbocycles. The molecule has 1 aliphatic heterocycles. The van der Waals surface area contributed by atoms with E-state index in [1.165, 1.54) is 0 Å². The van der Waals surface area contributed by atoms with E-state index in [1.807, 2.05) is 42.5 Å². The van der Waals surface area contributed by atoms with Crippen molar-refractivity contribution in [1.82, 2.24) is 9.97 Å². The van der Waals surface area contributed by atoms with Gasteiger partial charge in [0.1, 0.15) is 23.8 Å². The summed E-state index contributed by atoms with van der Waals surface area (Å²) < 4.78 is 11.2. The molecule has 31 heavy (non-hydrogen) atoms. The zero-order valence-electron chi connectivity index (χ0n) is 17.8. The highest BCUT2D eigenvalue weighted by molar-refractivity contribution is 6.13. The fraction of sp³-hybridized carbons (Fsp3) is 0.348. The van der Waals surface area contributed by atoms with Crippen molar-refractivity contribution in [3.63, 3.8) is 0 Å². The summed E-state index contributed by atoms with van der Waals surface area (Å²) in [6.45, 7) is 6.08. The van der Waals surface area contributed by atoms with Crippen molar-refractivity contribution < 1.29 is 14.6 Å². The van der Waals surface area contributed by atoms with Crippen LogP contribution in [0.5, 0.6) is 6.01 Å². The van der Waals surface area contributed by atoms with Crippen LogP contribution < -0.4 is 15.5 Å². The van der Waals surface area contributed by atoms with Gasteiger partial charge < -0.3 is 25.3 Å². The van der Waals surface area contributed by atoms with Crippen molar-refractivity contribution >= 4 is 22.3 Å². The molecule has 4 rings (SSSR count). The van der Waals surface area contributed by atoms with Crippen LogP contribution in [0.25, 0.3) is 10.8 Å². The first-order chi connectivity index (χ1) is 14.9. The van der Waals surface area contributed by atoms with Crippen molar-refractivity contribution in [1.29, 1.82) is 0 Å². The maximum atomic E-state index is 10.0. The molecule has 2 heterocycles. The second kappa shape index (κ2) is 8.87. The smallest absolute Gasteiger partial charge is 0.319 e. The van der Waals surface area contributed by atoms with Crippen LogP contribution in [0, 0.1) is 0 Å². The largest absolute Gasteiger partial charge is 0.460 e. The second-order valence-corrected chi connectivity index (χ2v) is 8.13. The molecule has 0 saturated carbocycles. The molecule has 1 aliphatic rings. The van der Waals surface area contributed by atoms with Crippen LogP contribution >= 0.6 is 0 Å². The molecule has 0 bridgehead atoms. The van der Waals surface area contributed by atoms with E-state index in [1.54, 1.807) is 13.8 Å². The van der Waals surface area contributed by atoms with Crippen LogP contribution in [0.4, 0.5) is 5.82 Å². The molecular weight excluding hydrogens is 394 g/mol. The van der Waals surface area contributed by atoms with Gasteiger partial charge in [-0.3, -0.25) is 0 Å². The Balaban J connectivity index is 1.74. The van der Waals surface area contributed by atoms with E-state index in [9.17, 15) is 5.11 Å². The predicted octanol–water partition coefficient (Wildman–Crippen LogP) is 2.33. The number of hydrogen-bond donors (Lipinski definition) is 2. The summed E-state index contributed by atoms with van der Waals surface area (Å²) in [5.41, 5.74) is 0.929. The first-order valence-electron chi connectivity index (χ1n) is 10.3. The highest BCUT2D eigenvalue weighted by Gasteiger charge is 2.20. The summed E-state index contributed by atoms with van der Waals surface area (Å²) >= 11 is 0. The van der Waals surface area contributed by atoms with Gasteiger partial charge in [-0.15, -0.1) is 0 Å². The van der Waals surface area contributed by atoms with Gasteiger partial charge in [-0.2, -0.15) is 15.1 Å². The SMILES string of the molecule is CC(C)(O)COc1nc(C(=NN)c2ccc3ccccc3c2)cc(N2CCOCC2)n1. The normalized spacial score (nSPS) is 15.3. The van der Waals surface area contributed by atoms with Crippen molar-refractivity contribution in [2.24, 2.45) is 10.9 Å². The summed E-state index contributed by atoms with van der Waals surface area (Å²) in [5.74, 6) is 6.53. The van der Waals surface area contributed by atoms with E-state index in [-0.39, 0.29) is 12.6 Å². The maximum absolute atomic E-state index is 10.0. The third-order valence-electron chi connectivity index (χ3n) is 4.98. The van der Waals surface area contributed by atoms with Crippen molar-refractivity contribution in [3.8, 4) is 6.01 Å². The molecule has 162 valence electrons. The zero-order valence-corrected chi connectivity index (χ0v) is 17.8. The Hall–Kier alpha value is -3.23. The van der Waals surface area contributed by atoms with Crippen LogP contribution in [0.15, 0.2) is 53.6 Å². The van der Waals surface area contributed by atoms with E-state index in [2.05, 4.69) is 26.0 Å². The highest BCUT2D eigenvalue weighted by Crippen LogP contribution is 2.23. The molecule has 0 atom stereocenters. The van der Waals surface area contributed by atoms with Crippen LogP contribution in [0.1, 0.15) is 25.1 Å². The number of nitrogens with zero attached hydrogens (tertiary/aromatic N) is 4. The summed E-state index contributed by atoms with van der Waals surface area (Å²) in [6.07, 6.45) is 0. The molecule has 1 saturated heterocycles. The molecular formula is C23H27N5O3. The van der Waals surface area contributed by atoms with Gasteiger partial charge >= 0.3 is 6.01 Å². The summed E-state index contributed by atoms with van der Waals surface area (Å²) in [6, 6.07) is 16.2. The first kappa shape index (κ1) is 21.0. The summed E-state index contributed by atoms with van der Waals surface area (Å²) in [7, 11) is 0. The average molecular weight is 422 g/mol. The lowest BCUT2D eigenvalue weighted by atomic mass is 10.0. The molecule has 3 N–H and O–H groups in total. The van der Waals surface area contributed by atoms with Gasteiger partial charge in [-0.05, 0) is 30.7 Å². The van der Waals surface area contributed by atoms with Crippen LogP contribution in [-0.4, -0.2) is 59.3 Å². The fourth-order valence-electron chi connectivity index (χ4n) is 3.42. The van der Waals surface area contributed by atoms with Gasteiger partial charge in [0.25, 0.3) is 0 Å². The highest BCUT2D eigenvalue weighted by atomic mass is 16.5. The number of hydrazone groups is 1. The Morgan fingerprint density at radius 3 is 2.58 bits per heavy atom. The Kier molecular flexibility index (Phi) is 6.01. The lowest BCUT2D eigenvalue weighted by Crippen LogP contribution is -2.37. The molecule has 0 radical (unpaired) electrons. The minimum atomic E-state index is -1.01. The van der Waals surface area contributed by atoms with Crippen molar-refractivity contribution in [2.45, 2.75) is 19.4 Å². The number of aliphatic hydroxyl groups is 1. The number of rotatable bonds is 6. The monoisotopic (exact) mass is 421 g/mol. The van der Waals surface area contributed by atoms with E-state index < -0.39 is 5.60 Å². The molecule has 1 aromatic heterocycles. The lowest BCUT2D eigenvalue weighted by molar-refractivity contribution is 0.0250. The number of fused-ring (bicyclic) bond motifs is 1. The number of anilines is 1. The molecule has 8 heteroatoms. The van der Waals surface area contributed by atoms with Gasteiger partial charge in [0.05, 0.1) is 18.8 Å². The van der Waals surface area contributed by atoms with Crippen LogP contribution in [0.3, 0.4) is 0 Å². The third kappa shape index (κ3) is 5.10. The predicted molar refractivity (Wildman–Crippen MR) is 121 cm³/mol. The van der Waals surface area contributed by atoms with E-state index in [0.717, 1.165) is 16.3 Å². The number of nitrogens with two attached hydrogens (primary N) is 1. The summed E-state index contributed by atoms with van der Waals surface area (Å²) in [4.78, 5) is 11.2. The molecule has 0 unspecified atom stereocenters. The fourth-order valence-corrected chi connectivity index (χ4v) is 3.42. The maximum Gasteiger partial charge on any atom is 0.319 e. The number of aromatic nitrogens is 2. The van der Waals surface area contributed by atoms with E-state index in [4.69, 9.17) is 15.3 Å². The standard InChI is InChI=1S/C23H27N5O3/c1-23(2,29)15-31-22-25-19(14-20(26-22)28-9-11-30-12-10-28)21(27-24)18-8-7-16-5-3-4-6-17(16)13-18/h3-8,13-14,29H,9-12,15,24H2,1-2H3. The van der Waals surface area contributed by atoms with Crippen molar-refractivity contribution in [3.05, 3.63) is 59.8 Å². The number of morpholine rings is 1. The number of hydrogen-bond acceptors (Lipinski definition) is 8. The first-order valence-corrected chi connectivity index (χ1v) is 10.3. The number of benzene rings is 2. The Morgan fingerprint density at radius 2 is 1.87 bits per heavy atom. The molecule has 0 spiro atoms. The van der Waals surface area contributed by atoms with Gasteiger partial charge in [0, 0.05) is 24.7 Å². The van der Waals surface area contributed by atoms with Crippen molar-refractivity contribution in [2.75, 3.05) is 37.8 Å². The minimum absolute atomic E-state index is 0.0596. The zero-order chi connectivity index (χ0) is 21.8. The average Bonchev–Trinajstić information content (AvgIpc) is 2.78. The topological polar surface area (TPSA) is 106 Å².